The third-order valence-electron chi connectivity index (χ3n) is 3.98. The third-order valence-corrected chi connectivity index (χ3v) is 6.21. The molecule has 0 atom stereocenters. The van der Waals surface area contributed by atoms with Crippen molar-refractivity contribution < 1.29 is 22.8 Å². The molecule has 10 heteroatoms. The summed E-state index contributed by atoms with van der Waals surface area (Å²) in [7, 11) is 1.37. The molecule has 6 nitrogen and oxygen atoms in total. The number of hydrogen-bond acceptors (Lipinski definition) is 8. The van der Waals surface area contributed by atoms with Crippen molar-refractivity contribution in [2.75, 3.05) is 7.11 Å². The zero-order valence-corrected chi connectivity index (χ0v) is 16.8. The number of methoxy groups -OCH3 is 1. The zero-order valence-electron chi connectivity index (χ0n) is 15.2. The fraction of sp³-hybridized carbons (Fsp3) is 0.211. The van der Waals surface area contributed by atoms with Crippen molar-refractivity contribution in [2.24, 2.45) is 4.99 Å². The number of nitrogens with zero attached hydrogens (tertiary/aromatic N) is 3. The molecule has 2 aromatic carbocycles. The molecule has 4 rings (SSSR count). The van der Waals surface area contributed by atoms with E-state index >= 15 is 0 Å². The smallest absolute Gasteiger partial charge is 0.387 e. The largest absolute Gasteiger partial charge is 0.493 e. The van der Waals surface area contributed by atoms with E-state index in [1.165, 1.54) is 36.6 Å². The van der Waals surface area contributed by atoms with Crippen LogP contribution in [0.3, 0.4) is 0 Å². The van der Waals surface area contributed by atoms with Crippen LogP contribution in [0.25, 0.3) is 11.4 Å². The minimum atomic E-state index is -2.93. The van der Waals surface area contributed by atoms with Gasteiger partial charge in [-0.2, -0.15) is 13.8 Å². The minimum absolute atomic E-state index is 0.0573. The van der Waals surface area contributed by atoms with Crippen molar-refractivity contribution in [3.8, 4) is 22.9 Å². The van der Waals surface area contributed by atoms with Crippen LogP contribution in [0.2, 0.25) is 0 Å². The molecular formula is C19H15F2N3O3S2. The van der Waals surface area contributed by atoms with E-state index in [9.17, 15) is 8.78 Å². The van der Waals surface area contributed by atoms with E-state index in [1.807, 2.05) is 18.2 Å². The number of ether oxygens (including phenoxy) is 2. The van der Waals surface area contributed by atoms with Gasteiger partial charge in [-0.1, -0.05) is 46.9 Å². The van der Waals surface area contributed by atoms with Gasteiger partial charge in [0.15, 0.2) is 11.5 Å². The van der Waals surface area contributed by atoms with Crippen LogP contribution in [0.15, 0.2) is 52.0 Å². The summed E-state index contributed by atoms with van der Waals surface area (Å²) >= 11 is 3.20. The van der Waals surface area contributed by atoms with Gasteiger partial charge in [-0.05, 0) is 29.8 Å². The molecule has 150 valence electrons. The Bertz CT molecular complexity index is 1040. The summed E-state index contributed by atoms with van der Waals surface area (Å²) in [6, 6.07) is 12.5. The number of rotatable bonds is 6. The Hall–Kier alpha value is -2.59. The lowest BCUT2D eigenvalue weighted by Gasteiger charge is -2.13. The molecule has 0 saturated carbocycles. The van der Waals surface area contributed by atoms with Crippen LogP contribution in [-0.4, -0.2) is 28.2 Å². The second-order valence-electron chi connectivity index (χ2n) is 5.84. The topological polar surface area (TPSA) is 69.7 Å². The molecule has 0 bridgehead atoms. The number of para-hydroxylation sites is 1. The number of alkyl halides is 2. The van der Waals surface area contributed by atoms with Crippen LogP contribution < -0.4 is 9.47 Å². The molecule has 0 radical (unpaired) electrons. The highest BCUT2D eigenvalue weighted by Crippen LogP contribution is 2.36. The molecule has 0 unspecified atom stereocenters. The van der Waals surface area contributed by atoms with Gasteiger partial charge in [-0.15, -0.1) is 0 Å². The second kappa shape index (κ2) is 8.83. The SMILES string of the molecule is COc1cc(-c2noc(CSC3=Nc4ccccc4CS3)n2)ccc1OC(F)F. The Morgan fingerprint density at radius 2 is 2.07 bits per heavy atom. The molecule has 1 aliphatic rings. The van der Waals surface area contributed by atoms with Crippen LogP contribution in [0.4, 0.5) is 14.5 Å². The summed E-state index contributed by atoms with van der Waals surface area (Å²) in [5.41, 5.74) is 2.77. The molecule has 29 heavy (non-hydrogen) atoms. The van der Waals surface area contributed by atoms with Gasteiger partial charge in [0.05, 0.1) is 18.6 Å². The van der Waals surface area contributed by atoms with Gasteiger partial charge in [0, 0.05) is 11.3 Å². The average Bonchev–Trinajstić information content (AvgIpc) is 3.21. The molecule has 1 aromatic heterocycles. The zero-order chi connectivity index (χ0) is 20.2. The molecule has 0 N–H and O–H groups in total. The number of hydrogen-bond donors (Lipinski definition) is 0. The highest BCUT2D eigenvalue weighted by atomic mass is 32.2. The summed E-state index contributed by atoms with van der Waals surface area (Å²) in [4.78, 5) is 9.01. The number of halogens is 2. The molecule has 0 saturated heterocycles. The van der Waals surface area contributed by atoms with E-state index in [1.54, 1.807) is 17.8 Å². The molecule has 0 aliphatic carbocycles. The Morgan fingerprint density at radius 3 is 2.90 bits per heavy atom. The molecular weight excluding hydrogens is 420 g/mol. The van der Waals surface area contributed by atoms with Gasteiger partial charge in [-0.3, -0.25) is 0 Å². The highest BCUT2D eigenvalue weighted by Gasteiger charge is 2.17. The lowest BCUT2D eigenvalue weighted by atomic mass is 10.2. The highest BCUT2D eigenvalue weighted by molar-refractivity contribution is 8.38. The van der Waals surface area contributed by atoms with Crippen molar-refractivity contribution in [3.05, 3.63) is 53.9 Å². The third kappa shape index (κ3) is 4.70. The molecule has 2 heterocycles. The summed E-state index contributed by atoms with van der Waals surface area (Å²) < 4.78 is 40.7. The predicted molar refractivity (Wildman–Crippen MR) is 109 cm³/mol. The summed E-state index contributed by atoms with van der Waals surface area (Å²) in [6.45, 7) is -2.93. The fourth-order valence-corrected chi connectivity index (χ4v) is 4.54. The van der Waals surface area contributed by atoms with Crippen LogP contribution >= 0.6 is 23.5 Å². The van der Waals surface area contributed by atoms with E-state index in [-0.39, 0.29) is 11.5 Å². The van der Waals surface area contributed by atoms with Crippen molar-refractivity contribution in [2.45, 2.75) is 18.1 Å². The molecule has 1 aliphatic heterocycles. The quantitative estimate of drug-likeness (QED) is 0.505. The van der Waals surface area contributed by atoms with Gasteiger partial charge in [-0.25, -0.2) is 4.99 Å². The van der Waals surface area contributed by atoms with Crippen molar-refractivity contribution in [1.29, 1.82) is 0 Å². The van der Waals surface area contributed by atoms with Gasteiger partial charge in [0.1, 0.15) is 4.38 Å². The van der Waals surface area contributed by atoms with E-state index in [2.05, 4.69) is 25.9 Å². The van der Waals surface area contributed by atoms with E-state index < -0.39 is 6.61 Å². The Kier molecular flexibility index (Phi) is 6.00. The Labute approximate surface area is 173 Å². The first kappa shape index (κ1) is 19.7. The van der Waals surface area contributed by atoms with Crippen LogP contribution in [0, 0.1) is 0 Å². The Balaban J connectivity index is 1.44. The Morgan fingerprint density at radius 1 is 1.21 bits per heavy atom. The molecule has 0 spiro atoms. The van der Waals surface area contributed by atoms with E-state index in [0.29, 0.717) is 23.0 Å². The van der Waals surface area contributed by atoms with Gasteiger partial charge >= 0.3 is 6.61 Å². The van der Waals surface area contributed by atoms with Crippen LogP contribution in [0.1, 0.15) is 11.5 Å². The number of aromatic nitrogens is 2. The first-order valence-corrected chi connectivity index (χ1v) is 10.5. The lowest BCUT2D eigenvalue weighted by Crippen LogP contribution is -2.03. The number of thioether (sulfide) groups is 2. The molecule has 3 aromatic rings. The van der Waals surface area contributed by atoms with Gasteiger partial charge < -0.3 is 14.0 Å². The first-order chi connectivity index (χ1) is 14.1. The van der Waals surface area contributed by atoms with Gasteiger partial charge in [0.25, 0.3) is 0 Å². The standard InChI is InChI=1S/C19H15F2N3O3S2/c1-25-15-8-11(6-7-14(15)26-18(20)21)17-23-16(27-24-17)10-29-19-22-13-5-3-2-4-12(13)9-28-19/h2-8,18H,9-10H2,1H3. The maximum absolute atomic E-state index is 12.5. The number of benzene rings is 2. The van der Waals surface area contributed by atoms with E-state index in [0.717, 1.165) is 15.8 Å². The molecule has 0 amide bonds. The number of aliphatic imine (C=N–C) groups is 1. The predicted octanol–water partition coefficient (Wildman–Crippen LogP) is 5.51. The van der Waals surface area contributed by atoms with Crippen molar-refractivity contribution in [1.82, 2.24) is 10.1 Å². The van der Waals surface area contributed by atoms with Crippen molar-refractivity contribution in [3.63, 3.8) is 0 Å². The first-order valence-electron chi connectivity index (χ1n) is 8.50. The minimum Gasteiger partial charge on any atom is -0.493 e. The maximum atomic E-state index is 12.5. The van der Waals surface area contributed by atoms with Crippen LogP contribution in [-0.2, 0) is 11.5 Å². The summed E-state index contributed by atoms with van der Waals surface area (Å²) in [5.74, 6) is 2.24. The van der Waals surface area contributed by atoms with Gasteiger partial charge in [0.2, 0.25) is 11.7 Å². The maximum Gasteiger partial charge on any atom is 0.387 e. The summed E-state index contributed by atoms with van der Waals surface area (Å²) in [5, 5.41) is 3.96. The normalized spacial score (nSPS) is 13.2. The lowest BCUT2D eigenvalue weighted by molar-refractivity contribution is -0.0512. The van der Waals surface area contributed by atoms with Crippen LogP contribution in [0.5, 0.6) is 11.5 Å². The monoisotopic (exact) mass is 435 g/mol. The fourth-order valence-electron chi connectivity index (χ4n) is 2.64. The summed E-state index contributed by atoms with van der Waals surface area (Å²) in [6.07, 6.45) is 0. The van der Waals surface area contributed by atoms with Crippen molar-refractivity contribution >= 4 is 33.6 Å². The number of fused-ring (bicyclic) bond motifs is 1. The molecule has 0 fully saturated rings. The average molecular weight is 435 g/mol. The van der Waals surface area contributed by atoms with E-state index in [4.69, 9.17) is 9.26 Å². The second-order valence-corrected chi connectivity index (χ2v) is 8.03.